The fourth-order valence-electron chi connectivity index (χ4n) is 1.60. The Morgan fingerprint density at radius 2 is 2.06 bits per heavy atom. The number of carbonyl (C=O) groups excluding carboxylic acids is 1. The van der Waals surface area contributed by atoms with Gasteiger partial charge in [0.15, 0.2) is 6.29 Å². The van der Waals surface area contributed by atoms with E-state index >= 15 is 0 Å². The minimum atomic E-state index is 0.342. The fraction of sp³-hybridized carbons (Fsp3) is 0.143. The molecule has 0 radical (unpaired) electrons. The van der Waals surface area contributed by atoms with E-state index < -0.39 is 0 Å². The molecule has 1 aromatic carbocycles. The summed E-state index contributed by atoms with van der Waals surface area (Å²) in [5.74, 6) is 1.06. The number of pyridine rings is 1. The summed E-state index contributed by atoms with van der Waals surface area (Å²) in [5, 5.41) is 0. The Morgan fingerprint density at radius 3 is 2.76 bits per heavy atom. The zero-order valence-corrected chi connectivity index (χ0v) is 9.81. The molecule has 2 rings (SSSR count). The van der Waals surface area contributed by atoms with E-state index in [1.54, 1.807) is 18.3 Å². The summed E-state index contributed by atoms with van der Waals surface area (Å²) in [6.45, 7) is 3.99. The zero-order valence-electron chi connectivity index (χ0n) is 9.81. The highest BCUT2D eigenvalue weighted by molar-refractivity contribution is 5.78. The summed E-state index contributed by atoms with van der Waals surface area (Å²) in [5.41, 5.74) is 2.64. The van der Waals surface area contributed by atoms with Crippen molar-refractivity contribution in [3.05, 3.63) is 53.2 Å². The smallest absolute Gasteiger partial charge is 0.229 e. The SMILES string of the molecule is Cc1ccc(Oc2ncccc2C=O)c(C)c1. The van der Waals surface area contributed by atoms with Crippen LogP contribution in [0, 0.1) is 13.8 Å². The molecule has 0 fully saturated rings. The van der Waals surface area contributed by atoms with Crippen LogP contribution < -0.4 is 4.74 Å². The summed E-state index contributed by atoms with van der Waals surface area (Å²) < 4.78 is 5.64. The average molecular weight is 227 g/mol. The Kier molecular flexibility index (Phi) is 3.19. The van der Waals surface area contributed by atoms with Crippen molar-refractivity contribution < 1.29 is 9.53 Å². The average Bonchev–Trinajstić information content (AvgIpc) is 2.33. The minimum Gasteiger partial charge on any atom is -0.438 e. The molecule has 0 aliphatic heterocycles. The van der Waals surface area contributed by atoms with Gasteiger partial charge in [-0.15, -0.1) is 0 Å². The summed E-state index contributed by atoms with van der Waals surface area (Å²) in [6, 6.07) is 9.26. The van der Waals surface area contributed by atoms with Gasteiger partial charge < -0.3 is 4.74 Å². The lowest BCUT2D eigenvalue weighted by Crippen LogP contribution is -1.94. The van der Waals surface area contributed by atoms with Crippen molar-refractivity contribution in [1.29, 1.82) is 0 Å². The third-order valence-electron chi connectivity index (χ3n) is 2.46. The van der Waals surface area contributed by atoms with Crippen LogP contribution >= 0.6 is 0 Å². The number of hydrogen-bond donors (Lipinski definition) is 0. The molecule has 0 saturated carbocycles. The van der Waals surface area contributed by atoms with Gasteiger partial charge in [0.2, 0.25) is 5.88 Å². The van der Waals surface area contributed by atoms with E-state index in [1.807, 2.05) is 32.0 Å². The van der Waals surface area contributed by atoms with Crippen molar-refractivity contribution >= 4 is 6.29 Å². The van der Waals surface area contributed by atoms with Gasteiger partial charge in [0.25, 0.3) is 0 Å². The van der Waals surface area contributed by atoms with E-state index in [0.717, 1.165) is 17.6 Å². The number of benzene rings is 1. The maximum absolute atomic E-state index is 10.8. The molecule has 0 aliphatic carbocycles. The third kappa shape index (κ3) is 2.50. The van der Waals surface area contributed by atoms with Crippen molar-refractivity contribution in [1.82, 2.24) is 4.98 Å². The number of aryl methyl sites for hydroxylation is 2. The van der Waals surface area contributed by atoms with Gasteiger partial charge >= 0.3 is 0 Å². The molecule has 1 aromatic heterocycles. The van der Waals surface area contributed by atoms with Crippen LogP contribution in [0.2, 0.25) is 0 Å². The molecule has 0 unspecified atom stereocenters. The molecule has 2 aromatic rings. The third-order valence-corrected chi connectivity index (χ3v) is 2.46. The van der Waals surface area contributed by atoms with Crippen LogP contribution in [0.5, 0.6) is 11.6 Å². The monoisotopic (exact) mass is 227 g/mol. The first-order valence-corrected chi connectivity index (χ1v) is 5.36. The van der Waals surface area contributed by atoms with E-state index in [1.165, 1.54) is 5.56 Å². The molecule has 0 N–H and O–H groups in total. The number of nitrogens with zero attached hydrogens (tertiary/aromatic N) is 1. The topological polar surface area (TPSA) is 39.2 Å². The van der Waals surface area contributed by atoms with Gasteiger partial charge in [-0.05, 0) is 37.6 Å². The van der Waals surface area contributed by atoms with Crippen molar-refractivity contribution in [2.75, 3.05) is 0 Å². The molecule has 17 heavy (non-hydrogen) atoms. The number of hydrogen-bond acceptors (Lipinski definition) is 3. The second kappa shape index (κ2) is 4.78. The second-order valence-electron chi connectivity index (χ2n) is 3.89. The normalized spacial score (nSPS) is 10.0. The Labute approximate surface area is 100 Å². The van der Waals surface area contributed by atoms with Crippen LogP contribution in [-0.2, 0) is 0 Å². The number of carbonyl (C=O) groups is 1. The first-order chi connectivity index (χ1) is 8.20. The van der Waals surface area contributed by atoms with Gasteiger partial charge in [0.1, 0.15) is 5.75 Å². The quantitative estimate of drug-likeness (QED) is 0.755. The van der Waals surface area contributed by atoms with Crippen molar-refractivity contribution in [3.63, 3.8) is 0 Å². The molecule has 0 atom stereocenters. The first kappa shape index (κ1) is 11.3. The van der Waals surface area contributed by atoms with Crippen LogP contribution in [0.4, 0.5) is 0 Å². The van der Waals surface area contributed by atoms with Gasteiger partial charge in [0.05, 0.1) is 5.56 Å². The highest BCUT2D eigenvalue weighted by atomic mass is 16.5. The van der Waals surface area contributed by atoms with E-state index in [-0.39, 0.29) is 0 Å². The maximum atomic E-state index is 10.8. The van der Waals surface area contributed by atoms with Crippen LogP contribution in [0.3, 0.4) is 0 Å². The molecule has 3 nitrogen and oxygen atoms in total. The van der Waals surface area contributed by atoms with Gasteiger partial charge in [-0.1, -0.05) is 17.7 Å². The predicted octanol–water partition coefficient (Wildman–Crippen LogP) is 3.30. The van der Waals surface area contributed by atoms with E-state index in [4.69, 9.17) is 4.74 Å². The fourth-order valence-corrected chi connectivity index (χ4v) is 1.60. The van der Waals surface area contributed by atoms with Crippen molar-refractivity contribution in [3.8, 4) is 11.6 Å². The molecule has 0 saturated heterocycles. The van der Waals surface area contributed by atoms with Gasteiger partial charge in [-0.25, -0.2) is 4.98 Å². The largest absolute Gasteiger partial charge is 0.438 e. The number of aldehydes is 1. The summed E-state index contributed by atoms with van der Waals surface area (Å²) >= 11 is 0. The summed E-state index contributed by atoms with van der Waals surface area (Å²) in [7, 11) is 0. The molecule has 0 bridgehead atoms. The lowest BCUT2D eigenvalue weighted by Gasteiger charge is -2.09. The van der Waals surface area contributed by atoms with Crippen LogP contribution in [0.15, 0.2) is 36.5 Å². The molecule has 0 amide bonds. The van der Waals surface area contributed by atoms with Gasteiger partial charge in [-0.3, -0.25) is 4.79 Å². The number of ether oxygens (including phenoxy) is 1. The molecule has 3 heteroatoms. The van der Waals surface area contributed by atoms with Gasteiger partial charge in [0, 0.05) is 6.20 Å². The second-order valence-corrected chi connectivity index (χ2v) is 3.89. The molecule has 0 spiro atoms. The van der Waals surface area contributed by atoms with Crippen LogP contribution in [0.25, 0.3) is 0 Å². The van der Waals surface area contributed by atoms with E-state index in [9.17, 15) is 4.79 Å². The number of rotatable bonds is 3. The van der Waals surface area contributed by atoms with E-state index in [2.05, 4.69) is 4.98 Å². The highest BCUT2D eigenvalue weighted by Crippen LogP contribution is 2.25. The van der Waals surface area contributed by atoms with Gasteiger partial charge in [-0.2, -0.15) is 0 Å². The Balaban J connectivity index is 2.34. The minimum absolute atomic E-state index is 0.342. The molecule has 86 valence electrons. The zero-order chi connectivity index (χ0) is 12.3. The first-order valence-electron chi connectivity index (χ1n) is 5.36. The lowest BCUT2D eigenvalue weighted by atomic mass is 10.1. The summed E-state index contributed by atoms with van der Waals surface area (Å²) in [6.07, 6.45) is 2.34. The Morgan fingerprint density at radius 1 is 1.24 bits per heavy atom. The highest BCUT2D eigenvalue weighted by Gasteiger charge is 2.06. The molecular weight excluding hydrogens is 214 g/mol. The molecule has 0 aliphatic rings. The number of aromatic nitrogens is 1. The van der Waals surface area contributed by atoms with Crippen LogP contribution in [0.1, 0.15) is 21.5 Å². The van der Waals surface area contributed by atoms with Crippen molar-refractivity contribution in [2.45, 2.75) is 13.8 Å². The molecule has 1 heterocycles. The summed E-state index contributed by atoms with van der Waals surface area (Å²) in [4.78, 5) is 14.9. The standard InChI is InChI=1S/C14H13NO2/c1-10-5-6-13(11(2)8-10)17-14-12(9-16)4-3-7-15-14/h3-9H,1-2H3. The lowest BCUT2D eigenvalue weighted by molar-refractivity contribution is 0.112. The van der Waals surface area contributed by atoms with Crippen molar-refractivity contribution in [2.24, 2.45) is 0 Å². The van der Waals surface area contributed by atoms with Crippen LogP contribution in [-0.4, -0.2) is 11.3 Å². The van der Waals surface area contributed by atoms with E-state index in [0.29, 0.717) is 11.4 Å². The Hall–Kier alpha value is -2.16. The maximum Gasteiger partial charge on any atom is 0.229 e. The molecular formula is C14H13NO2. The Bertz CT molecular complexity index is 550. The predicted molar refractivity (Wildman–Crippen MR) is 65.6 cm³/mol.